The lowest BCUT2D eigenvalue weighted by Crippen LogP contribution is -2.33. The fraction of sp³-hybridized carbons (Fsp3) is 0.533. The van der Waals surface area contributed by atoms with Crippen molar-refractivity contribution in [2.24, 2.45) is 5.73 Å². The van der Waals surface area contributed by atoms with Gasteiger partial charge in [0.1, 0.15) is 0 Å². The summed E-state index contributed by atoms with van der Waals surface area (Å²) >= 11 is 1.43. The van der Waals surface area contributed by atoms with Crippen LogP contribution in [0.1, 0.15) is 33.0 Å². The van der Waals surface area contributed by atoms with Gasteiger partial charge in [-0.1, -0.05) is 11.8 Å². The molecule has 2 heterocycles. The van der Waals surface area contributed by atoms with E-state index in [4.69, 9.17) is 10.5 Å². The molecule has 1 amide bonds. The third-order valence-corrected chi connectivity index (χ3v) is 4.42. The number of likely N-dealkylation sites (N-methyl/N-ethyl adjacent to an activating group) is 1. The minimum atomic E-state index is 0.0365. The highest BCUT2D eigenvalue weighted by atomic mass is 32.1. The second-order valence-corrected chi connectivity index (χ2v) is 6.00. The Morgan fingerprint density at radius 3 is 3.10 bits per heavy atom. The van der Waals surface area contributed by atoms with Gasteiger partial charge in [0.15, 0.2) is 0 Å². The first-order valence-corrected chi connectivity index (χ1v) is 7.60. The number of nitrogens with zero attached hydrogens (tertiary/aromatic N) is 1. The first-order valence-electron chi connectivity index (χ1n) is 6.78. The van der Waals surface area contributed by atoms with Crippen molar-refractivity contribution in [2.75, 3.05) is 26.7 Å². The highest BCUT2D eigenvalue weighted by Gasteiger charge is 2.22. The number of hydrogen-bond acceptors (Lipinski definition) is 4. The molecule has 0 aromatic carbocycles. The van der Waals surface area contributed by atoms with Crippen molar-refractivity contribution in [3.63, 3.8) is 0 Å². The van der Waals surface area contributed by atoms with Gasteiger partial charge in [-0.3, -0.25) is 4.79 Å². The standard InChI is InChI=1S/C15H20N2O2S/c1-11-9-14(20-13(11)6-3-7-16)15(18)17(2)10-12-5-4-8-19-12/h9,12H,4-5,7-8,10,16H2,1-2H3. The van der Waals surface area contributed by atoms with Crippen molar-refractivity contribution in [3.8, 4) is 11.8 Å². The Morgan fingerprint density at radius 2 is 2.45 bits per heavy atom. The highest BCUT2D eigenvalue weighted by molar-refractivity contribution is 7.14. The van der Waals surface area contributed by atoms with Gasteiger partial charge in [-0.2, -0.15) is 0 Å². The molecule has 1 aliphatic rings. The molecule has 1 fully saturated rings. The molecule has 2 rings (SSSR count). The summed E-state index contributed by atoms with van der Waals surface area (Å²) in [7, 11) is 1.82. The lowest BCUT2D eigenvalue weighted by Gasteiger charge is -2.20. The minimum absolute atomic E-state index is 0.0365. The molecule has 0 bridgehead atoms. The van der Waals surface area contributed by atoms with E-state index in [0.29, 0.717) is 13.1 Å². The Kier molecular flexibility index (Phi) is 5.18. The van der Waals surface area contributed by atoms with E-state index in [2.05, 4.69) is 11.8 Å². The number of ether oxygens (including phenoxy) is 1. The summed E-state index contributed by atoms with van der Waals surface area (Å²) in [5.74, 6) is 5.87. The number of carbonyl (C=O) groups is 1. The Morgan fingerprint density at radius 1 is 1.65 bits per heavy atom. The largest absolute Gasteiger partial charge is 0.376 e. The van der Waals surface area contributed by atoms with Gasteiger partial charge >= 0.3 is 0 Å². The van der Waals surface area contributed by atoms with Crippen LogP contribution >= 0.6 is 11.3 Å². The number of hydrogen-bond donors (Lipinski definition) is 1. The molecule has 0 aliphatic carbocycles. The zero-order chi connectivity index (χ0) is 14.5. The molecule has 4 nitrogen and oxygen atoms in total. The van der Waals surface area contributed by atoms with E-state index in [9.17, 15) is 4.79 Å². The molecule has 1 aliphatic heterocycles. The molecule has 1 aromatic rings. The molecule has 0 radical (unpaired) electrons. The summed E-state index contributed by atoms with van der Waals surface area (Å²) < 4.78 is 5.56. The molecular formula is C15H20N2O2S. The van der Waals surface area contributed by atoms with Crippen LogP contribution in [0, 0.1) is 18.8 Å². The summed E-state index contributed by atoms with van der Waals surface area (Å²) in [6, 6.07) is 1.90. The lowest BCUT2D eigenvalue weighted by molar-refractivity contribution is 0.0590. The van der Waals surface area contributed by atoms with Crippen LogP contribution in [0.5, 0.6) is 0 Å². The zero-order valence-electron chi connectivity index (χ0n) is 11.9. The molecule has 1 aromatic heterocycles. The van der Waals surface area contributed by atoms with Crippen molar-refractivity contribution >= 4 is 17.2 Å². The SMILES string of the molecule is Cc1cc(C(=O)N(C)CC2CCCO2)sc1C#CCN. The van der Waals surface area contributed by atoms with E-state index in [0.717, 1.165) is 34.8 Å². The predicted molar refractivity (Wildman–Crippen MR) is 80.9 cm³/mol. The second-order valence-electron chi connectivity index (χ2n) is 4.95. The summed E-state index contributed by atoms with van der Waals surface area (Å²) in [6.45, 7) is 3.76. The smallest absolute Gasteiger partial charge is 0.263 e. The maximum atomic E-state index is 12.4. The topological polar surface area (TPSA) is 55.6 Å². The third kappa shape index (κ3) is 3.60. The Labute approximate surface area is 123 Å². The van der Waals surface area contributed by atoms with Gasteiger partial charge in [-0.25, -0.2) is 0 Å². The van der Waals surface area contributed by atoms with Crippen molar-refractivity contribution in [1.29, 1.82) is 0 Å². The van der Waals surface area contributed by atoms with E-state index < -0.39 is 0 Å². The molecule has 5 heteroatoms. The summed E-state index contributed by atoms with van der Waals surface area (Å²) in [6.07, 6.45) is 2.30. The average Bonchev–Trinajstić information content (AvgIpc) is 3.05. The molecule has 2 N–H and O–H groups in total. The van der Waals surface area contributed by atoms with Gasteiger partial charge < -0.3 is 15.4 Å². The fourth-order valence-corrected chi connectivity index (χ4v) is 3.25. The van der Waals surface area contributed by atoms with Crippen molar-refractivity contribution in [1.82, 2.24) is 4.90 Å². The van der Waals surface area contributed by atoms with Gasteiger partial charge in [0.05, 0.1) is 22.4 Å². The molecule has 108 valence electrons. The van der Waals surface area contributed by atoms with Gasteiger partial charge in [-0.05, 0) is 31.4 Å². The van der Waals surface area contributed by atoms with Crippen LogP contribution in [0.4, 0.5) is 0 Å². The highest BCUT2D eigenvalue weighted by Crippen LogP contribution is 2.23. The van der Waals surface area contributed by atoms with Crippen LogP contribution in [0.3, 0.4) is 0 Å². The van der Waals surface area contributed by atoms with Gasteiger partial charge in [0.25, 0.3) is 5.91 Å². The Bertz CT molecular complexity index is 536. The number of carbonyl (C=O) groups excluding carboxylic acids is 1. The van der Waals surface area contributed by atoms with E-state index in [1.807, 2.05) is 20.0 Å². The van der Waals surface area contributed by atoms with Crippen molar-refractivity contribution in [2.45, 2.75) is 25.9 Å². The van der Waals surface area contributed by atoms with E-state index in [1.165, 1.54) is 11.3 Å². The molecular weight excluding hydrogens is 272 g/mol. The van der Waals surface area contributed by atoms with Gasteiger partial charge in [-0.15, -0.1) is 11.3 Å². The predicted octanol–water partition coefficient (Wildman–Crippen LogP) is 1.62. The number of thiophene rings is 1. The van der Waals surface area contributed by atoms with Gasteiger partial charge in [0.2, 0.25) is 0 Å². The molecule has 1 atom stereocenters. The lowest BCUT2D eigenvalue weighted by atomic mass is 10.2. The van der Waals surface area contributed by atoms with Crippen LogP contribution in [0.2, 0.25) is 0 Å². The van der Waals surface area contributed by atoms with E-state index >= 15 is 0 Å². The summed E-state index contributed by atoms with van der Waals surface area (Å²) in [4.78, 5) is 15.8. The molecule has 1 saturated heterocycles. The molecule has 0 spiro atoms. The quantitative estimate of drug-likeness (QED) is 0.861. The van der Waals surface area contributed by atoms with Crippen molar-refractivity contribution in [3.05, 3.63) is 21.4 Å². The zero-order valence-corrected chi connectivity index (χ0v) is 12.8. The van der Waals surface area contributed by atoms with Crippen LogP contribution < -0.4 is 5.73 Å². The first-order chi connectivity index (χ1) is 9.61. The van der Waals surface area contributed by atoms with Crippen LogP contribution in [0.15, 0.2) is 6.07 Å². The molecule has 0 saturated carbocycles. The maximum Gasteiger partial charge on any atom is 0.263 e. The van der Waals surface area contributed by atoms with Crippen LogP contribution in [-0.4, -0.2) is 43.7 Å². The maximum absolute atomic E-state index is 12.4. The Hall–Kier alpha value is -1.35. The molecule has 20 heavy (non-hydrogen) atoms. The van der Waals surface area contributed by atoms with Gasteiger partial charge in [0, 0.05) is 20.2 Å². The van der Waals surface area contributed by atoms with E-state index in [1.54, 1.807) is 4.90 Å². The average molecular weight is 292 g/mol. The molecule has 1 unspecified atom stereocenters. The van der Waals surface area contributed by atoms with Crippen molar-refractivity contribution < 1.29 is 9.53 Å². The fourth-order valence-electron chi connectivity index (χ4n) is 2.21. The number of rotatable bonds is 3. The van der Waals surface area contributed by atoms with Crippen LogP contribution in [-0.2, 0) is 4.74 Å². The summed E-state index contributed by atoms with van der Waals surface area (Å²) in [5.41, 5.74) is 6.41. The second kappa shape index (κ2) is 6.89. The number of amides is 1. The number of aryl methyl sites for hydroxylation is 1. The third-order valence-electron chi connectivity index (χ3n) is 3.28. The summed E-state index contributed by atoms with van der Waals surface area (Å²) in [5, 5.41) is 0. The minimum Gasteiger partial charge on any atom is -0.376 e. The Balaban J connectivity index is 2.04. The van der Waals surface area contributed by atoms with E-state index in [-0.39, 0.29) is 12.0 Å². The first kappa shape index (κ1) is 15.0. The monoisotopic (exact) mass is 292 g/mol. The normalized spacial score (nSPS) is 17.6. The number of nitrogens with two attached hydrogens (primary N) is 1. The van der Waals surface area contributed by atoms with Crippen LogP contribution in [0.25, 0.3) is 0 Å².